The van der Waals surface area contributed by atoms with Crippen LogP contribution in [0.2, 0.25) is 0 Å². The topological polar surface area (TPSA) is 3.24 Å². The first-order chi connectivity index (χ1) is 4.90. The van der Waals surface area contributed by atoms with Crippen LogP contribution in [0.5, 0.6) is 0 Å². The first-order valence-corrected chi connectivity index (χ1v) is 4.62. The van der Waals surface area contributed by atoms with E-state index in [1.807, 2.05) is 0 Å². The number of fused-ring (bicyclic) bond motifs is 1. The Hall–Kier alpha value is -0.0400. The molecule has 1 nitrogen and oxygen atoms in total. The van der Waals surface area contributed by atoms with Crippen molar-refractivity contribution in [3.63, 3.8) is 0 Å². The van der Waals surface area contributed by atoms with Crippen molar-refractivity contribution >= 4 is 0 Å². The maximum Gasteiger partial charge on any atom is 0.00129 e. The van der Waals surface area contributed by atoms with E-state index in [0.717, 1.165) is 11.8 Å². The van der Waals surface area contributed by atoms with Crippen LogP contribution in [0.1, 0.15) is 26.2 Å². The van der Waals surface area contributed by atoms with Gasteiger partial charge in [0.2, 0.25) is 0 Å². The van der Waals surface area contributed by atoms with Crippen molar-refractivity contribution in [2.75, 3.05) is 19.6 Å². The van der Waals surface area contributed by atoms with E-state index in [0.29, 0.717) is 0 Å². The van der Waals surface area contributed by atoms with Crippen molar-refractivity contribution in [3.05, 3.63) is 0 Å². The third-order valence-electron chi connectivity index (χ3n) is 3.10. The second kappa shape index (κ2) is 2.54. The zero-order valence-electron chi connectivity index (χ0n) is 6.84. The summed E-state index contributed by atoms with van der Waals surface area (Å²) < 4.78 is 0. The standard InChI is InChI=1S/C9H17N/c1-2-5-10-6-8-3-4-9(8)7-10/h8-9H,2-7H2,1H3. The van der Waals surface area contributed by atoms with E-state index in [1.165, 1.54) is 38.9 Å². The molecule has 1 saturated heterocycles. The van der Waals surface area contributed by atoms with Crippen LogP contribution >= 0.6 is 0 Å². The Morgan fingerprint density at radius 2 is 1.80 bits per heavy atom. The van der Waals surface area contributed by atoms with Gasteiger partial charge in [0.05, 0.1) is 0 Å². The van der Waals surface area contributed by atoms with Gasteiger partial charge in [0.1, 0.15) is 0 Å². The lowest BCUT2D eigenvalue weighted by atomic mass is 9.77. The lowest BCUT2D eigenvalue weighted by molar-refractivity contribution is 0.243. The predicted octanol–water partition coefficient (Wildman–Crippen LogP) is 1.74. The lowest BCUT2D eigenvalue weighted by Gasteiger charge is -2.28. The number of rotatable bonds is 2. The number of hydrogen-bond donors (Lipinski definition) is 0. The van der Waals surface area contributed by atoms with Crippen molar-refractivity contribution in [2.45, 2.75) is 26.2 Å². The Morgan fingerprint density at radius 1 is 1.20 bits per heavy atom. The van der Waals surface area contributed by atoms with E-state index in [4.69, 9.17) is 0 Å². The Balaban J connectivity index is 1.81. The van der Waals surface area contributed by atoms with Crippen LogP contribution in [-0.2, 0) is 0 Å². The molecule has 0 bridgehead atoms. The Labute approximate surface area is 63.4 Å². The summed E-state index contributed by atoms with van der Waals surface area (Å²) in [6, 6.07) is 0. The van der Waals surface area contributed by atoms with Crippen LogP contribution in [0.4, 0.5) is 0 Å². The summed E-state index contributed by atoms with van der Waals surface area (Å²) in [4.78, 5) is 2.64. The Kier molecular flexibility index (Phi) is 1.69. The highest BCUT2D eigenvalue weighted by atomic mass is 15.2. The minimum Gasteiger partial charge on any atom is -0.303 e. The molecule has 58 valence electrons. The maximum absolute atomic E-state index is 2.64. The van der Waals surface area contributed by atoms with E-state index >= 15 is 0 Å². The normalized spacial score (nSPS) is 39.3. The molecule has 2 unspecified atom stereocenters. The molecule has 0 aromatic rings. The number of hydrogen-bond acceptors (Lipinski definition) is 1. The van der Waals surface area contributed by atoms with Gasteiger partial charge < -0.3 is 4.90 Å². The fourth-order valence-electron chi connectivity index (χ4n) is 2.36. The second-order valence-corrected chi connectivity index (χ2v) is 3.86. The van der Waals surface area contributed by atoms with Gasteiger partial charge in [0.25, 0.3) is 0 Å². The van der Waals surface area contributed by atoms with Crippen molar-refractivity contribution in [1.29, 1.82) is 0 Å². The van der Waals surface area contributed by atoms with E-state index in [9.17, 15) is 0 Å². The van der Waals surface area contributed by atoms with Gasteiger partial charge in [-0.25, -0.2) is 0 Å². The molecule has 0 spiro atoms. The molecule has 2 atom stereocenters. The molecule has 0 radical (unpaired) electrons. The summed E-state index contributed by atoms with van der Waals surface area (Å²) in [6.45, 7) is 6.45. The fourth-order valence-corrected chi connectivity index (χ4v) is 2.36. The molecule has 0 amide bonds. The molecule has 2 fully saturated rings. The average Bonchev–Trinajstić information content (AvgIpc) is 2.14. The SMILES string of the molecule is CCCN1CC2CCC2C1. The highest BCUT2D eigenvalue weighted by Gasteiger charge is 2.38. The predicted molar refractivity (Wildman–Crippen MR) is 42.9 cm³/mol. The maximum atomic E-state index is 2.64. The van der Waals surface area contributed by atoms with Crippen LogP contribution in [0.25, 0.3) is 0 Å². The number of nitrogens with zero attached hydrogens (tertiary/aromatic N) is 1. The molecule has 1 aliphatic heterocycles. The highest BCUT2D eigenvalue weighted by molar-refractivity contribution is 4.90. The molecule has 2 rings (SSSR count). The van der Waals surface area contributed by atoms with Crippen LogP contribution in [-0.4, -0.2) is 24.5 Å². The summed E-state index contributed by atoms with van der Waals surface area (Å²) in [5.74, 6) is 2.21. The van der Waals surface area contributed by atoms with E-state index < -0.39 is 0 Å². The minimum atomic E-state index is 1.10. The smallest absolute Gasteiger partial charge is 0.00129 e. The fraction of sp³-hybridized carbons (Fsp3) is 1.00. The summed E-state index contributed by atoms with van der Waals surface area (Å²) in [5.41, 5.74) is 0. The van der Waals surface area contributed by atoms with Gasteiger partial charge in [-0.15, -0.1) is 0 Å². The molecular formula is C9H17N. The molecule has 1 heterocycles. The Morgan fingerprint density at radius 3 is 2.20 bits per heavy atom. The quantitative estimate of drug-likeness (QED) is 0.563. The van der Waals surface area contributed by atoms with Gasteiger partial charge in [0.15, 0.2) is 0 Å². The Bertz CT molecular complexity index is 110. The largest absolute Gasteiger partial charge is 0.303 e. The molecule has 0 aromatic carbocycles. The van der Waals surface area contributed by atoms with Crippen molar-refractivity contribution in [1.82, 2.24) is 4.90 Å². The first-order valence-electron chi connectivity index (χ1n) is 4.62. The molecule has 10 heavy (non-hydrogen) atoms. The molecular weight excluding hydrogens is 122 g/mol. The molecule has 1 heteroatoms. The van der Waals surface area contributed by atoms with Crippen molar-refractivity contribution in [2.24, 2.45) is 11.8 Å². The van der Waals surface area contributed by atoms with Gasteiger partial charge in [-0.2, -0.15) is 0 Å². The average molecular weight is 139 g/mol. The monoisotopic (exact) mass is 139 g/mol. The van der Waals surface area contributed by atoms with Gasteiger partial charge in [-0.05, 0) is 37.6 Å². The summed E-state index contributed by atoms with van der Waals surface area (Å²) >= 11 is 0. The van der Waals surface area contributed by atoms with E-state index in [2.05, 4.69) is 11.8 Å². The van der Waals surface area contributed by atoms with Crippen LogP contribution < -0.4 is 0 Å². The summed E-state index contributed by atoms with van der Waals surface area (Å²) in [5, 5.41) is 0. The summed E-state index contributed by atoms with van der Waals surface area (Å²) in [7, 11) is 0. The van der Waals surface area contributed by atoms with Gasteiger partial charge in [-0.1, -0.05) is 6.92 Å². The van der Waals surface area contributed by atoms with Crippen LogP contribution in [0, 0.1) is 11.8 Å². The summed E-state index contributed by atoms with van der Waals surface area (Å²) in [6.07, 6.45) is 4.37. The van der Waals surface area contributed by atoms with Gasteiger partial charge in [0, 0.05) is 13.1 Å². The van der Waals surface area contributed by atoms with Crippen molar-refractivity contribution in [3.8, 4) is 0 Å². The molecule has 2 aliphatic rings. The van der Waals surface area contributed by atoms with Gasteiger partial charge >= 0.3 is 0 Å². The van der Waals surface area contributed by atoms with E-state index in [1.54, 1.807) is 0 Å². The zero-order valence-corrected chi connectivity index (χ0v) is 6.84. The molecule has 0 aromatic heterocycles. The highest BCUT2D eigenvalue weighted by Crippen LogP contribution is 2.40. The van der Waals surface area contributed by atoms with Gasteiger partial charge in [-0.3, -0.25) is 0 Å². The third kappa shape index (κ3) is 0.968. The number of likely N-dealkylation sites (tertiary alicyclic amines) is 1. The minimum absolute atomic E-state index is 1.10. The van der Waals surface area contributed by atoms with Crippen LogP contribution in [0.15, 0.2) is 0 Å². The lowest BCUT2D eigenvalue weighted by Crippen LogP contribution is -2.22. The van der Waals surface area contributed by atoms with Crippen LogP contribution in [0.3, 0.4) is 0 Å². The molecule has 1 saturated carbocycles. The second-order valence-electron chi connectivity index (χ2n) is 3.86. The zero-order chi connectivity index (χ0) is 6.97. The first kappa shape index (κ1) is 6.66. The van der Waals surface area contributed by atoms with E-state index in [-0.39, 0.29) is 0 Å². The molecule has 0 N–H and O–H groups in total. The molecule has 1 aliphatic carbocycles. The third-order valence-corrected chi connectivity index (χ3v) is 3.10. The van der Waals surface area contributed by atoms with Crippen molar-refractivity contribution < 1.29 is 0 Å².